The van der Waals surface area contributed by atoms with E-state index in [1.165, 1.54) is 0 Å². The van der Waals surface area contributed by atoms with E-state index < -0.39 is 5.97 Å². The zero-order valence-corrected chi connectivity index (χ0v) is 7.00. The van der Waals surface area contributed by atoms with Gasteiger partial charge in [-0.05, 0) is 6.42 Å². The van der Waals surface area contributed by atoms with Crippen LogP contribution in [0.15, 0.2) is 6.20 Å². The van der Waals surface area contributed by atoms with E-state index in [0.717, 1.165) is 17.9 Å². The van der Waals surface area contributed by atoms with Gasteiger partial charge in [-0.3, -0.25) is 4.79 Å². The molecule has 4 heteroatoms. The molecule has 0 radical (unpaired) electrons. The van der Waals surface area contributed by atoms with Crippen LogP contribution in [0.5, 0.6) is 0 Å². The van der Waals surface area contributed by atoms with Gasteiger partial charge in [0.05, 0.1) is 6.42 Å². The van der Waals surface area contributed by atoms with Crippen LogP contribution in [0.1, 0.15) is 24.9 Å². The topological polar surface area (TPSA) is 66.0 Å². The third-order valence-electron chi connectivity index (χ3n) is 1.64. The largest absolute Gasteiger partial charge is 0.481 e. The average molecular weight is 168 g/mol. The van der Waals surface area contributed by atoms with Crippen LogP contribution in [0, 0.1) is 0 Å². The van der Waals surface area contributed by atoms with Crippen molar-refractivity contribution in [1.82, 2.24) is 9.97 Å². The summed E-state index contributed by atoms with van der Waals surface area (Å²) < 4.78 is 0. The summed E-state index contributed by atoms with van der Waals surface area (Å²) in [4.78, 5) is 17.3. The van der Waals surface area contributed by atoms with Gasteiger partial charge in [-0.2, -0.15) is 0 Å². The van der Waals surface area contributed by atoms with Crippen molar-refractivity contribution in [3.05, 3.63) is 17.7 Å². The van der Waals surface area contributed by atoms with Gasteiger partial charge >= 0.3 is 5.97 Å². The Labute approximate surface area is 70.6 Å². The lowest BCUT2D eigenvalue weighted by atomic mass is 10.3. The van der Waals surface area contributed by atoms with Crippen LogP contribution in [0.2, 0.25) is 0 Å². The Morgan fingerprint density at radius 1 is 1.75 bits per heavy atom. The second-order valence-corrected chi connectivity index (χ2v) is 2.60. The first kappa shape index (κ1) is 8.77. The summed E-state index contributed by atoms with van der Waals surface area (Å²) in [7, 11) is 0. The van der Waals surface area contributed by atoms with Gasteiger partial charge in [0.2, 0.25) is 0 Å². The fraction of sp³-hybridized carbons (Fsp3) is 0.500. The predicted octanol–water partition coefficient (Wildman–Crippen LogP) is 0.989. The zero-order chi connectivity index (χ0) is 8.97. The smallest absolute Gasteiger partial charge is 0.303 e. The molecule has 0 bridgehead atoms. The number of hydrogen-bond acceptors (Lipinski definition) is 2. The molecule has 4 nitrogen and oxygen atoms in total. The van der Waals surface area contributed by atoms with Gasteiger partial charge < -0.3 is 10.1 Å². The van der Waals surface area contributed by atoms with Crippen LogP contribution in [-0.2, 0) is 17.6 Å². The van der Waals surface area contributed by atoms with Crippen LogP contribution in [0.3, 0.4) is 0 Å². The Kier molecular flexibility index (Phi) is 2.85. The average Bonchev–Trinajstić information content (AvgIpc) is 2.48. The highest BCUT2D eigenvalue weighted by Gasteiger charge is 2.01. The van der Waals surface area contributed by atoms with E-state index in [2.05, 4.69) is 9.97 Å². The van der Waals surface area contributed by atoms with E-state index in [1.807, 2.05) is 6.92 Å². The van der Waals surface area contributed by atoms with Crippen LogP contribution in [0.4, 0.5) is 0 Å². The number of hydrogen-bond donors (Lipinski definition) is 2. The summed E-state index contributed by atoms with van der Waals surface area (Å²) in [5, 5.41) is 8.40. The Balaban J connectivity index is 2.47. The highest BCUT2D eigenvalue weighted by atomic mass is 16.4. The monoisotopic (exact) mass is 168 g/mol. The number of nitrogens with zero attached hydrogens (tertiary/aromatic N) is 1. The molecular weight excluding hydrogens is 156 g/mol. The summed E-state index contributed by atoms with van der Waals surface area (Å²) in [5.74, 6) is -0.0290. The molecule has 12 heavy (non-hydrogen) atoms. The van der Waals surface area contributed by atoms with E-state index in [-0.39, 0.29) is 6.42 Å². The molecule has 1 aromatic heterocycles. The molecule has 0 unspecified atom stereocenters. The molecule has 66 valence electrons. The van der Waals surface area contributed by atoms with Crippen LogP contribution >= 0.6 is 0 Å². The number of imidazole rings is 1. The van der Waals surface area contributed by atoms with Crippen molar-refractivity contribution < 1.29 is 9.90 Å². The molecular formula is C8H12N2O2. The minimum atomic E-state index is -0.788. The van der Waals surface area contributed by atoms with E-state index in [4.69, 9.17) is 5.11 Å². The van der Waals surface area contributed by atoms with E-state index in [1.54, 1.807) is 6.20 Å². The minimum absolute atomic E-state index is 0.136. The van der Waals surface area contributed by atoms with Gasteiger partial charge in [0.1, 0.15) is 5.82 Å². The number of H-pyrrole nitrogens is 1. The second-order valence-electron chi connectivity index (χ2n) is 2.60. The number of aliphatic carboxylic acids is 1. The number of aromatic nitrogens is 2. The Bertz CT molecular complexity index is 268. The first-order valence-electron chi connectivity index (χ1n) is 3.97. The molecule has 0 spiro atoms. The third kappa shape index (κ3) is 2.38. The van der Waals surface area contributed by atoms with Crippen molar-refractivity contribution in [2.75, 3.05) is 0 Å². The van der Waals surface area contributed by atoms with Crippen molar-refractivity contribution in [3.63, 3.8) is 0 Å². The van der Waals surface area contributed by atoms with Gasteiger partial charge in [0.25, 0.3) is 0 Å². The number of carboxylic acids is 1. The molecule has 0 aliphatic carbocycles. The first-order valence-corrected chi connectivity index (χ1v) is 3.97. The van der Waals surface area contributed by atoms with E-state index >= 15 is 0 Å². The van der Waals surface area contributed by atoms with E-state index in [0.29, 0.717) is 6.42 Å². The highest BCUT2D eigenvalue weighted by Crippen LogP contribution is 2.00. The Morgan fingerprint density at radius 3 is 3.00 bits per heavy atom. The molecule has 0 saturated heterocycles. The molecule has 0 saturated carbocycles. The molecule has 0 atom stereocenters. The van der Waals surface area contributed by atoms with Crippen molar-refractivity contribution >= 4 is 5.97 Å². The summed E-state index contributed by atoms with van der Waals surface area (Å²) in [6.45, 7) is 2.02. The molecule has 0 amide bonds. The number of aromatic amines is 1. The summed E-state index contributed by atoms with van der Waals surface area (Å²) in [5.41, 5.74) is 1.05. The predicted molar refractivity (Wildman–Crippen MR) is 43.9 cm³/mol. The number of aryl methyl sites for hydroxylation is 2. The van der Waals surface area contributed by atoms with Gasteiger partial charge in [-0.1, -0.05) is 6.92 Å². The normalized spacial score (nSPS) is 10.1. The summed E-state index contributed by atoms with van der Waals surface area (Å²) in [6.07, 6.45) is 3.27. The maximum Gasteiger partial charge on any atom is 0.303 e. The van der Waals surface area contributed by atoms with Crippen molar-refractivity contribution in [2.45, 2.75) is 26.2 Å². The van der Waals surface area contributed by atoms with Gasteiger partial charge in [0, 0.05) is 18.3 Å². The maximum absolute atomic E-state index is 10.2. The zero-order valence-electron chi connectivity index (χ0n) is 7.00. The van der Waals surface area contributed by atoms with Crippen molar-refractivity contribution in [2.24, 2.45) is 0 Å². The van der Waals surface area contributed by atoms with Gasteiger partial charge in [0.15, 0.2) is 0 Å². The first-order chi connectivity index (χ1) is 5.72. The van der Waals surface area contributed by atoms with Crippen molar-refractivity contribution in [1.29, 1.82) is 0 Å². The third-order valence-corrected chi connectivity index (χ3v) is 1.64. The van der Waals surface area contributed by atoms with Crippen LogP contribution in [0.25, 0.3) is 0 Å². The summed E-state index contributed by atoms with van der Waals surface area (Å²) >= 11 is 0. The molecule has 1 rings (SSSR count). The fourth-order valence-electron chi connectivity index (χ4n) is 0.938. The summed E-state index contributed by atoms with van der Waals surface area (Å²) in [6, 6.07) is 0. The second kappa shape index (κ2) is 3.90. The number of rotatable bonds is 4. The van der Waals surface area contributed by atoms with Crippen LogP contribution < -0.4 is 0 Å². The van der Waals surface area contributed by atoms with Crippen molar-refractivity contribution in [3.8, 4) is 0 Å². The molecule has 2 N–H and O–H groups in total. The standard InChI is InChI=1S/C8H12N2O2/c1-2-6-5-9-7(10-6)3-4-8(11)12/h5H,2-4H2,1H3,(H,9,10)(H,11,12). The quantitative estimate of drug-likeness (QED) is 0.704. The molecule has 1 aromatic rings. The lowest BCUT2D eigenvalue weighted by Crippen LogP contribution is -1.98. The maximum atomic E-state index is 10.2. The molecule has 0 aliphatic rings. The molecule has 0 aliphatic heterocycles. The van der Waals surface area contributed by atoms with Crippen LogP contribution in [-0.4, -0.2) is 21.0 Å². The number of carboxylic acid groups (broad SMARTS) is 1. The Morgan fingerprint density at radius 2 is 2.50 bits per heavy atom. The lowest BCUT2D eigenvalue weighted by Gasteiger charge is -1.91. The highest BCUT2D eigenvalue weighted by molar-refractivity contribution is 5.66. The SMILES string of the molecule is CCc1cnc(CCC(=O)O)[nH]1. The lowest BCUT2D eigenvalue weighted by molar-refractivity contribution is -0.137. The molecule has 0 aromatic carbocycles. The number of carbonyl (C=O) groups is 1. The van der Waals surface area contributed by atoms with E-state index in [9.17, 15) is 4.79 Å². The van der Waals surface area contributed by atoms with Gasteiger partial charge in [-0.25, -0.2) is 4.98 Å². The molecule has 1 heterocycles. The molecule has 0 fully saturated rings. The fourth-order valence-corrected chi connectivity index (χ4v) is 0.938. The van der Waals surface area contributed by atoms with Gasteiger partial charge in [-0.15, -0.1) is 0 Å². The minimum Gasteiger partial charge on any atom is -0.481 e. The Hall–Kier alpha value is -1.32. The number of nitrogens with one attached hydrogen (secondary N) is 1.